The number of nitrogens with zero attached hydrogens (tertiary/aromatic N) is 2. The van der Waals surface area contributed by atoms with E-state index in [-0.39, 0.29) is 5.82 Å². The fourth-order valence-corrected chi connectivity index (χ4v) is 1.76. The highest BCUT2D eigenvalue weighted by Gasteiger charge is 2.03. The van der Waals surface area contributed by atoms with Crippen molar-refractivity contribution in [3.05, 3.63) is 45.5 Å². The minimum atomic E-state index is -0.277. The number of hydrogen-bond donors (Lipinski definition) is 1. The Morgan fingerprint density at radius 1 is 1.47 bits per heavy atom. The molecule has 2 aromatic rings. The second kappa shape index (κ2) is 4.18. The molecule has 0 spiro atoms. The summed E-state index contributed by atoms with van der Waals surface area (Å²) in [5, 5.41) is 4.11. The van der Waals surface area contributed by atoms with Crippen LogP contribution in [0, 0.1) is 9.39 Å². The molecule has 0 amide bonds. The monoisotopic (exact) mass is 317 g/mol. The first-order valence-corrected chi connectivity index (χ1v) is 5.45. The molecule has 0 atom stereocenters. The number of hydrogen-bond acceptors (Lipinski definition) is 2. The molecule has 0 saturated carbocycles. The zero-order valence-corrected chi connectivity index (χ0v) is 9.98. The fraction of sp³-hybridized carbons (Fsp3) is 0.100. The van der Waals surface area contributed by atoms with E-state index in [1.165, 1.54) is 12.1 Å². The first-order chi connectivity index (χ1) is 7.15. The van der Waals surface area contributed by atoms with Crippen LogP contribution in [0.2, 0.25) is 0 Å². The van der Waals surface area contributed by atoms with Gasteiger partial charge in [0.15, 0.2) is 0 Å². The lowest BCUT2D eigenvalue weighted by molar-refractivity contribution is 0.620. The number of aromatic nitrogens is 2. The van der Waals surface area contributed by atoms with Gasteiger partial charge >= 0.3 is 0 Å². The van der Waals surface area contributed by atoms with Crippen molar-refractivity contribution in [1.82, 2.24) is 9.78 Å². The van der Waals surface area contributed by atoms with Crippen molar-refractivity contribution in [1.29, 1.82) is 0 Å². The molecule has 2 N–H and O–H groups in total. The standard InChI is InChI=1S/C10H9FIN3/c11-8-1-2-10(13)7(3-8)5-15-6-9(12)4-14-15/h1-4,6H,5,13H2. The van der Waals surface area contributed by atoms with E-state index < -0.39 is 0 Å². The summed E-state index contributed by atoms with van der Waals surface area (Å²) in [5.41, 5.74) is 7.06. The molecule has 0 aliphatic heterocycles. The molecule has 1 aromatic heterocycles. The third kappa shape index (κ3) is 2.47. The summed E-state index contributed by atoms with van der Waals surface area (Å²) in [5.74, 6) is -0.277. The predicted molar refractivity (Wildman–Crippen MR) is 64.9 cm³/mol. The maximum Gasteiger partial charge on any atom is 0.123 e. The number of anilines is 1. The molecule has 15 heavy (non-hydrogen) atoms. The molecular formula is C10H9FIN3. The van der Waals surface area contributed by atoms with Crippen molar-refractivity contribution in [2.24, 2.45) is 0 Å². The number of rotatable bonds is 2. The van der Waals surface area contributed by atoms with Gasteiger partial charge in [-0.1, -0.05) is 0 Å². The van der Waals surface area contributed by atoms with Gasteiger partial charge in [-0.05, 0) is 46.4 Å². The lowest BCUT2D eigenvalue weighted by atomic mass is 10.2. The summed E-state index contributed by atoms with van der Waals surface area (Å²) < 4.78 is 15.7. The molecule has 0 saturated heterocycles. The van der Waals surface area contributed by atoms with E-state index in [9.17, 15) is 4.39 Å². The Balaban J connectivity index is 2.27. The molecule has 3 nitrogen and oxygen atoms in total. The highest BCUT2D eigenvalue weighted by Crippen LogP contribution is 2.15. The molecule has 0 bridgehead atoms. The summed E-state index contributed by atoms with van der Waals surface area (Å²) in [4.78, 5) is 0. The van der Waals surface area contributed by atoms with Crippen molar-refractivity contribution in [3.8, 4) is 0 Å². The van der Waals surface area contributed by atoms with E-state index in [0.717, 1.165) is 9.13 Å². The molecule has 2 rings (SSSR count). The van der Waals surface area contributed by atoms with Gasteiger partial charge in [0.2, 0.25) is 0 Å². The summed E-state index contributed by atoms with van der Waals surface area (Å²) in [6, 6.07) is 4.36. The second-order valence-corrected chi connectivity index (χ2v) is 4.44. The van der Waals surface area contributed by atoms with E-state index >= 15 is 0 Å². The lowest BCUT2D eigenvalue weighted by Gasteiger charge is -2.05. The van der Waals surface area contributed by atoms with Gasteiger partial charge in [0.25, 0.3) is 0 Å². The van der Waals surface area contributed by atoms with Crippen LogP contribution in [0.3, 0.4) is 0 Å². The summed E-state index contributed by atoms with van der Waals surface area (Å²) in [6.45, 7) is 0.493. The quantitative estimate of drug-likeness (QED) is 0.682. The second-order valence-electron chi connectivity index (χ2n) is 3.20. The Kier molecular flexibility index (Phi) is 2.90. The van der Waals surface area contributed by atoms with Gasteiger partial charge in [-0.2, -0.15) is 5.10 Å². The predicted octanol–water partition coefficient (Wildman–Crippen LogP) is 2.26. The molecule has 0 unspecified atom stereocenters. The molecule has 1 aromatic carbocycles. The van der Waals surface area contributed by atoms with Gasteiger partial charge in [0.05, 0.1) is 16.3 Å². The minimum Gasteiger partial charge on any atom is -0.398 e. The molecule has 5 heteroatoms. The largest absolute Gasteiger partial charge is 0.398 e. The van der Waals surface area contributed by atoms with Crippen molar-refractivity contribution >= 4 is 28.3 Å². The fourth-order valence-electron chi connectivity index (χ4n) is 1.31. The van der Waals surface area contributed by atoms with Gasteiger partial charge in [-0.3, -0.25) is 4.68 Å². The third-order valence-electron chi connectivity index (χ3n) is 2.04. The number of nitrogen functional groups attached to an aromatic ring is 1. The van der Waals surface area contributed by atoms with Crippen LogP contribution in [0.1, 0.15) is 5.56 Å². The zero-order valence-electron chi connectivity index (χ0n) is 7.82. The van der Waals surface area contributed by atoms with Crippen LogP contribution in [-0.4, -0.2) is 9.78 Å². The smallest absolute Gasteiger partial charge is 0.123 e. The summed E-state index contributed by atoms with van der Waals surface area (Å²) >= 11 is 2.17. The number of benzene rings is 1. The van der Waals surface area contributed by atoms with Crippen LogP contribution in [-0.2, 0) is 6.54 Å². The molecule has 0 aliphatic carbocycles. The van der Waals surface area contributed by atoms with Crippen molar-refractivity contribution in [3.63, 3.8) is 0 Å². The third-order valence-corrected chi connectivity index (χ3v) is 2.60. The van der Waals surface area contributed by atoms with Gasteiger partial charge in [-0.25, -0.2) is 4.39 Å². The maximum atomic E-state index is 13.0. The molecule has 0 aliphatic rings. The number of halogens is 2. The molecule has 0 fully saturated rings. The minimum absolute atomic E-state index is 0.277. The molecule has 78 valence electrons. The number of nitrogens with two attached hydrogens (primary N) is 1. The van der Waals surface area contributed by atoms with E-state index in [0.29, 0.717) is 12.2 Å². The van der Waals surface area contributed by atoms with Gasteiger partial charge in [0.1, 0.15) is 5.82 Å². The Morgan fingerprint density at radius 3 is 2.93 bits per heavy atom. The van der Waals surface area contributed by atoms with Crippen molar-refractivity contribution < 1.29 is 4.39 Å². The van der Waals surface area contributed by atoms with Crippen LogP contribution >= 0.6 is 22.6 Å². The Hall–Kier alpha value is -1.11. The molecule has 0 radical (unpaired) electrons. The van der Waals surface area contributed by atoms with Crippen LogP contribution in [0.15, 0.2) is 30.6 Å². The van der Waals surface area contributed by atoms with Gasteiger partial charge in [-0.15, -0.1) is 0 Å². The van der Waals surface area contributed by atoms with Crippen molar-refractivity contribution in [2.45, 2.75) is 6.54 Å². The van der Waals surface area contributed by atoms with Crippen LogP contribution in [0.4, 0.5) is 10.1 Å². The van der Waals surface area contributed by atoms with Crippen LogP contribution in [0.25, 0.3) is 0 Å². The zero-order chi connectivity index (χ0) is 10.8. The molecule has 1 heterocycles. The SMILES string of the molecule is Nc1ccc(F)cc1Cn1cc(I)cn1. The topological polar surface area (TPSA) is 43.8 Å². The Morgan fingerprint density at radius 2 is 2.27 bits per heavy atom. The normalized spacial score (nSPS) is 10.5. The van der Waals surface area contributed by atoms with E-state index in [1.807, 2.05) is 6.20 Å². The highest BCUT2D eigenvalue weighted by atomic mass is 127. The van der Waals surface area contributed by atoms with Crippen molar-refractivity contribution in [2.75, 3.05) is 5.73 Å². The summed E-state index contributed by atoms with van der Waals surface area (Å²) in [7, 11) is 0. The first kappa shape index (κ1) is 10.4. The van der Waals surface area contributed by atoms with E-state index in [1.54, 1.807) is 16.9 Å². The van der Waals surface area contributed by atoms with E-state index in [4.69, 9.17) is 5.73 Å². The lowest BCUT2D eigenvalue weighted by Crippen LogP contribution is -2.03. The average molecular weight is 317 g/mol. The summed E-state index contributed by atoms with van der Waals surface area (Å²) in [6.07, 6.45) is 3.63. The first-order valence-electron chi connectivity index (χ1n) is 4.37. The Labute approximate surface area is 100 Å². The Bertz CT molecular complexity index is 481. The highest BCUT2D eigenvalue weighted by molar-refractivity contribution is 14.1. The van der Waals surface area contributed by atoms with Gasteiger partial charge in [0, 0.05) is 11.9 Å². The van der Waals surface area contributed by atoms with Gasteiger partial charge < -0.3 is 5.73 Å². The van der Waals surface area contributed by atoms with Crippen LogP contribution in [0.5, 0.6) is 0 Å². The van der Waals surface area contributed by atoms with Crippen LogP contribution < -0.4 is 5.73 Å². The maximum absolute atomic E-state index is 13.0. The van der Waals surface area contributed by atoms with E-state index in [2.05, 4.69) is 27.7 Å². The average Bonchev–Trinajstić information content (AvgIpc) is 2.58. The molecular weight excluding hydrogens is 308 g/mol.